The summed E-state index contributed by atoms with van der Waals surface area (Å²) in [5.74, 6) is -3.23. The molecule has 0 heterocycles. The summed E-state index contributed by atoms with van der Waals surface area (Å²) in [4.78, 5) is -4.88. The summed E-state index contributed by atoms with van der Waals surface area (Å²) in [6.45, 7) is 7.25. The molecule has 0 spiro atoms. The van der Waals surface area contributed by atoms with Gasteiger partial charge in [-0.2, -0.15) is 43.9 Å². The summed E-state index contributed by atoms with van der Waals surface area (Å²) in [5, 5.41) is 42.2. The Labute approximate surface area is 401 Å². The first-order chi connectivity index (χ1) is 32.2. The summed E-state index contributed by atoms with van der Waals surface area (Å²) in [6.07, 6.45) is 2.46. The van der Waals surface area contributed by atoms with Crippen molar-refractivity contribution < 1.29 is 78.9 Å². The van der Waals surface area contributed by atoms with Crippen LogP contribution in [0.15, 0.2) is 165 Å². The number of nitrogens with one attached hydrogen (secondary N) is 1. The molecule has 0 fully saturated rings. The monoisotopic (exact) mass is 1100 g/mol. The van der Waals surface area contributed by atoms with Crippen LogP contribution < -0.4 is 16.2 Å². The van der Waals surface area contributed by atoms with Gasteiger partial charge < -0.3 is 21.7 Å². The van der Waals surface area contributed by atoms with Gasteiger partial charge >= 0.3 is 9.15 Å². The topological polar surface area (TPSA) is 464 Å². The van der Waals surface area contributed by atoms with E-state index in [0.717, 1.165) is 30.3 Å². The molecule has 0 bridgehead atoms. The predicted octanol–water partition coefficient (Wildman–Crippen LogP) is 5.94. The van der Waals surface area contributed by atoms with Crippen molar-refractivity contribution >= 4 is 121 Å². The number of hydrogen-bond donors (Lipinski definition) is 9. The number of allylic oxidation sites excluding steroid dienone is 2. The lowest BCUT2D eigenvalue weighted by molar-refractivity contribution is 0.472. The van der Waals surface area contributed by atoms with E-state index in [4.69, 9.17) is 16.0 Å². The summed E-state index contributed by atoms with van der Waals surface area (Å²) in [6, 6.07) is 11.2. The van der Waals surface area contributed by atoms with Gasteiger partial charge in [0, 0.05) is 23.2 Å². The highest BCUT2D eigenvalue weighted by molar-refractivity contribution is 8.70. The van der Waals surface area contributed by atoms with Crippen molar-refractivity contribution in [2.24, 2.45) is 30.7 Å². The Morgan fingerprint density at radius 1 is 0.629 bits per heavy atom. The Hall–Kier alpha value is -6.73. The van der Waals surface area contributed by atoms with E-state index in [-0.39, 0.29) is 49.9 Å². The minimum absolute atomic E-state index is 0.0326. The molecule has 0 aliphatic heterocycles. The summed E-state index contributed by atoms with van der Waals surface area (Å²) < 4.78 is 190. The van der Waals surface area contributed by atoms with Crippen LogP contribution >= 0.6 is 10.8 Å². The van der Waals surface area contributed by atoms with Crippen molar-refractivity contribution in [2.75, 3.05) is 23.0 Å². The molecule has 0 radical (unpaired) electrons. The third-order valence-corrected chi connectivity index (χ3v) is 16.8. The van der Waals surface area contributed by atoms with Crippen molar-refractivity contribution in [3.05, 3.63) is 110 Å². The number of benzene rings is 5. The average molecular weight is 1100 g/mol. The molecule has 0 amide bonds. The molecule has 11 N–H and O–H groups in total. The maximum absolute atomic E-state index is 13.1. The molecule has 34 heteroatoms. The molecule has 70 heavy (non-hydrogen) atoms. The summed E-state index contributed by atoms with van der Waals surface area (Å²) in [7, 11) is -29.9. The summed E-state index contributed by atoms with van der Waals surface area (Å²) in [5.41, 5.74) is 8.00. The number of sulfone groups is 1. The van der Waals surface area contributed by atoms with E-state index in [2.05, 4.69) is 48.6 Å². The Kier molecular flexibility index (Phi) is 15.7. The molecular formula is C36H33N9O18S7. The quantitative estimate of drug-likeness (QED) is 0.0152. The van der Waals surface area contributed by atoms with Crippen molar-refractivity contribution in [3.8, 4) is 11.5 Å². The Morgan fingerprint density at radius 2 is 1.19 bits per heavy atom. The number of sulfonamides is 1. The lowest BCUT2D eigenvalue weighted by atomic mass is 10.1. The van der Waals surface area contributed by atoms with Crippen molar-refractivity contribution in [2.45, 2.75) is 24.5 Å². The second kappa shape index (κ2) is 20.3. The highest BCUT2D eigenvalue weighted by Gasteiger charge is 2.29. The molecular weight excluding hydrogens is 1070 g/mol. The molecule has 0 aromatic heterocycles. The number of anilines is 2. The first kappa shape index (κ1) is 54.2. The van der Waals surface area contributed by atoms with Crippen LogP contribution in [0.3, 0.4) is 0 Å². The molecule has 0 saturated heterocycles. The number of phenolic OH excluding ortho intramolecular Hbond substituents is 2. The maximum Gasteiger partial charge on any atom is 0.319 e. The smallest absolute Gasteiger partial charge is 0.319 e. The van der Waals surface area contributed by atoms with E-state index < -0.39 is 130 Å². The fraction of sp³-hybridized carbons (Fsp3) is 0.0556. The van der Waals surface area contributed by atoms with Gasteiger partial charge in [-0.05, 0) is 95.1 Å². The van der Waals surface area contributed by atoms with Crippen LogP contribution in [-0.2, 0) is 59.4 Å². The first-order valence-electron chi connectivity index (χ1n) is 18.2. The molecule has 0 aliphatic rings. The SMILES string of the molecule is C=C(/C=C\C(=C)NS(=O)(=O)c1ccc(N=Nc2c(S(=O)(=O)O)cc3cc(S(=O)(=O)O)c(N=Nc4ccc(S(=O)(=O)CCSS(=O)(=O)O)cc4S(=O)(=O)O)c(O)c3c2N)cc1)N=Nc1ccc(N)cc1O. The van der Waals surface area contributed by atoms with E-state index in [1.807, 2.05) is 0 Å². The van der Waals surface area contributed by atoms with E-state index in [0.29, 0.717) is 24.3 Å². The number of nitrogens with zero attached hydrogens (tertiary/aromatic N) is 6. The minimum Gasteiger partial charge on any atom is -0.506 e. The third-order valence-electron chi connectivity index (χ3n) is 8.72. The number of rotatable bonds is 19. The zero-order valence-corrected chi connectivity index (χ0v) is 40.4. The molecule has 0 unspecified atom stereocenters. The minimum atomic E-state index is -5.49. The normalized spacial score (nSPS) is 13.3. The second-order valence-corrected chi connectivity index (χ2v) is 25.2. The number of fused-ring (bicyclic) bond motifs is 1. The molecule has 372 valence electrons. The van der Waals surface area contributed by atoms with Crippen LogP contribution in [0.1, 0.15) is 0 Å². The number of nitrogens with two attached hydrogens (primary N) is 2. The lowest BCUT2D eigenvalue weighted by Crippen LogP contribution is -2.21. The van der Waals surface area contributed by atoms with Gasteiger partial charge in [-0.15, -0.1) is 20.5 Å². The molecule has 5 aromatic rings. The second-order valence-electron chi connectivity index (χ2n) is 13.7. The molecule has 27 nitrogen and oxygen atoms in total. The molecule has 0 atom stereocenters. The predicted molar refractivity (Wildman–Crippen MR) is 252 cm³/mol. The van der Waals surface area contributed by atoms with Gasteiger partial charge in [0.1, 0.15) is 43.2 Å². The first-order valence-corrected chi connectivity index (χ1v) is 28.6. The van der Waals surface area contributed by atoms with Crippen molar-refractivity contribution in [1.29, 1.82) is 0 Å². The van der Waals surface area contributed by atoms with Gasteiger partial charge in [-0.25, -0.2) is 16.8 Å². The largest absolute Gasteiger partial charge is 0.506 e. The van der Waals surface area contributed by atoms with Gasteiger partial charge in [0.05, 0.1) is 38.0 Å². The van der Waals surface area contributed by atoms with Gasteiger partial charge in [0.15, 0.2) is 15.6 Å². The zero-order chi connectivity index (χ0) is 52.4. The molecule has 0 aliphatic carbocycles. The van der Waals surface area contributed by atoms with Crippen LogP contribution in [0.25, 0.3) is 10.8 Å². The van der Waals surface area contributed by atoms with Crippen LogP contribution in [0, 0.1) is 0 Å². The number of phenols is 2. The number of hydrogen-bond acceptors (Lipinski definition) is 23. The Balaban J connectivity index is 1.48. The highest BCUT2D eigenvalue weighted by atomic mass is 33.1. The van der Waals surface area contributed by atoms with E-state index >= 15 is 0 Å². The van der Waals surface area contributed by atoms with Crippen LogP contribution in [0.5, 0.6) is 11.5 Å². The van der Waals surface area contributed by atoms with Crippen molar-refractivity contribution in [1.82, 2.24) is 4.72 Å². The van der Waals surface area contributed by atoms with E-state index in [1.54, 1.807) is 0 Å². The fourth-order valence-corrected chi connectivity index (χ4v) is 12.1. The Bertz CT molecular complexity index is 3830. The maximum atomic E-state index is 13.1. The molecule has 0 saturated carbocycles. The third kappa shape index (κ3) is 13.5. The standard InChI is InChI=1S/C36H33N9O18S7/c1-19(39-41-26-11-5-22(37)17-28(26)46)3-4-20(2)45-66(50,51)24-8-6-23(7-9-24)40-43-34-30(68(55,56)57)15-21-16-31(69(58,59)60)35(36(47)32(21)33(34)38)44-42-27-12-10-25(18-29(27)67(52,53)54)65(48,49)14-13-64-70(61,62)63/h3-12,15-18,45-47H,1-2,13-14,37-38H2,(H,52,53,54)(H,55,56,57)(H,58,59,60)(H,61,62,63)/b4-3-,41-39?,43-40?,44-42?. The average Bonchev–Trinajstić information content (AvgIpc) is 3.22. The number of aromatic hydroxyl groups is 2. The molecule has 5 rings (SSSR count). The highest BCUT2D eigenvalue weighted by Crippen LogP contribution is 2.48. The lowest BCUT2D eigenvalue weighted by Gasteiger charge is -2.14. The van der Waals surface area contributed by atoms with Crippen LogP contribution in [0.4, 0.5) is 39.8 Å². The fourth-order valence-electron chi connectivity index (χ4n) is 5.59. The van der Waals surface area contributed by atoms with Gasteiger partial charge in [-0.1, -0.05) is 13.2 Å². The van der Waals surface area contributed by atoms with Gasteiger partial charge in [-0.3, -0.25) is 22.9 Å². The van der Waals surface area contributed by atoms with Crippen LogP contribution in [0.2, 0.25) is 0 Å². The number of azo groups is 3. The van der Waals surface area contributed by atoms with Crippen LogP contribution in [-0.4, -0.2) is 90.4 Å². The summed E-state index contributed by atoms with van der Waals surface area (Å²) >= 11 is 0. The molecule has 5 aromatic carbocycles. The van der Waals surface area contributed by atoms with E-state index in [9.17, 15) is 74.4 Å². The number of nitrogen functional groups attached to an aromatic ring is 2. The zero-order valence-electron chi connectivity index (χ0n) is 34.7. The Morgan fingerprint density at radius 3 is 1.76 bits per heavy atom. The van der Waals surface area contributed by atoms with Gasteiger partial charge in [0.2, 0.25) is 0 Å². The van der Waals surface area contributed by atoms with E-state index in [1.165, 1.54) is 30.4 Å². The van der Waals surface area contributed by atoms with Crippen molar-refractivity contribution in [3.63, 3.8) is 0 Å². The van der Waals surface area contributed by atoms with Gasteiger partial charge in [0.25, 0.3) is 40.4 Å².